The molecule has 5 heteroatoms. The summed E-state index contributed by atoms with van der Waals surface area (Å²) in [4.78, 5) is 11.3. The van der Waals surface area contributed by atoms with Gasteiger partial charge in [0, 0.05) is 31.4 Å². The number of ether oxygens (including phenoxy) is 2. The molecule has 0 fully saturated rings. The lowest BCUT2D eigenvalue weighted by Gasteiger charge is -2.14. The van der Waals surface area contributed by atoms with E-state index in [1.807, 2.05) is 24.3 Å². The van der Waals surface area contributed by atoms with Gasteiger partial charge < -0.3 is 14.6 Å². The van der Waals surface area contributed by atoms with Crippen molar-refractivity contribution in [2.45, 2.75) is 18.8 Å². The molecular weight excluding hydrogens is 312 g/mol. The third-order valence-electron chi connectivity index (χ3n) is 2.77. The van der Waals surface area contributed by atoms with Crippen LogP contribution in [0.1, 0.15) is 24.3 Å². The summed E-state index contributed by atoms with van der Waals surface area (Å²) in [5.74, 6) is -1.37. The Bertz CT molecular complexity index is 395. The van der Waals surface area contributed by atoms with Crippen LogP contribution in [0.2, 0.25) is 0 Å². The van der Waals surface area contributed by atoms with E-state index in [-0.39, 0.29) is 0 Å². The molecule has 0 bridgehead atoms. The molecule has 1 aromatic carbocycles. The van der Waals surface area contributed by atoms with Gasteiger partial charge in [-0.05, 0) is 24.5 Å². The summed E-state index contributed by atoms with van der Waals surface area (Å²) in [5, 5.41) is 9.30. The summed E-state index contributed by atoms with van der Waals surface area (Å²) < 4.78 is 11.2. The summed E-state index contributed by atoms with van der Waals surface area (Å²) in [6.45, 7) is 1.69. The van der Waals surface area contributed by atoms with Crippen LogP contribution in [-0.4, -0.2) is 38.0 Å². The maximum absolute atomic E-state index is 11.3. The van der Waals surface area contributed by atoms with E-state index in [0.29, 0.717) is 26.2 Å². The molecule has 4 nitrogen and oxygen atoms in total. The van der Waals surface area contributed by atoms with E-state index in [9.17, 15) is 9.90 Å². The van der Waals surface area contributed by atoms with Crippen molar-refractivity contribution in [2.75, 3.05) is 26.9 Å². The average molecular weight is 331 g/mol. The Hall–Kier alpha value is -0.910. The van der Waals surface area contributed by atoms with Gasteiger partial charge in [-0.1, -0.05) is 34.1 Å². The van der Waals surface area contributed by atoms with E-state index < -0.39 is 11.9 Å². The molecule has 0 amide bonds. The average Bonchev–Trinajstić information content (AvgIpc) is 2.39. The lowest BCUT2D eigenvalue weighted by Crippen LogP contribution is -2.15. The van der Waals surface area contributed by atoms with Crippen molar-refractivity contribution in [1.29, 1.82) is 0 Å². The molecule has 0 saturated carbocycles. The van der Waals surface area contributed by atoms with Gasteiger partial charge in [0.15, 0.2) is 0 Å². The Morgan fingerprint density at radius 3 is 2.68 bits per heavy atom. The van der Waals surface area contributed by atoms with Gasteiger partial charge in [-0.25, -0.2) is 0 Å². The van der Waals surface area contributed by atoms with Crippen LogP contribution in [0, 0.1) is 0 Å². The van der Waals surface area contributed by atoms with Gasteiger partial charge >= 0.3 is 5.97 Å². The SMILES string of the molecule is COCCCOCCC(C(=O)O)c1ccccc1Br. The van der Waals surface area contributed by atoms with E-state index in [0.717, 1.165) is 16.5 Å². The summed E-state index contributed by atoms with van der Waals surface area (Å²) in [6.07, 6.45) is 1.29. The highest BCUT2D eigenvalue weighted by Crippen LogP contribution is 2.27. The van der Waals surface area contributed by atoms with Crippen LogP contribution in [0.15, 0.2) is 28.7 Å². The second kappa shape index (κ2) is 9.07. The molecule has 19 heavy (non-hydrogen) atoms. The van der Waals surface area contributed by atoms with E-state index in [4.69, 9.17) is 9.47 Å². The molecule has 0 saturated heterocycles. The molecule has 1 atom stereocenters. The monoisotopic (exact) mass is 330 g/mol. The quantitative estimate of drug-likeness (QED) is 0.707. The van der Waals surface area contributed by atoms with Crippen LogP contribution in [-0.2, 0) is 14.3 Å². The van der Waals surface area contributed by atoms with E-state index in [1.54, 1.807) is 7.11 Å². The number of hydrogen-bond donors (Lipinski definition) is 1. The highest BCUT2D eigenvalue weighted by atomic mass is 79.9. The molecular formula is C14H19BrO4. The van der Waals surface area contributed by atoms with Crippen molar-refractivity contribution in [2.24, 2.45) is 0 Å². The van der Waals surface area contributed by atoms with Gasteiger partial charge in [0.2, 0.25) is 0 Å². The third kappa shape index (κ3) is 5.72. The van der Waals surface area contributed by atoms with Crippen LogP contribution in [0.3, 0.4) is 0 Å². The first kappa shape index (κ1) is 16.1. The first-order chi connectivity index (χ1) is 9.16. The Morgan fingerprint density at radius 1 is 1.32 bits per heavy atom. The van der Waals surface area contributed by atoms with Crippen LogP contribution in [0.25, 0.3) is 0 Å². The number of benzene rings is 1. The minimum Gasteiger partial charge on any atom is -0.481 e. The lowest BCUT2D eigenvalue weighted by atomic mass is 9.96. The number of carboxylic acids is 1. The molecule has 0 aliphatic rings. The fourth-order valence-corrected chi connectivity index (χ4v) is 2.34. The van der Waals surface area contributed by atoms with Crippen LogP contribution >= 0.6 is 15.9 Å². The Labute approximate surface area is 121 Å². The topological polar surface area (TPSA) is 55.8 Å². The molecule has 0 aliphatic carbocycles. The summed E-state index contributed by atoms with van der Waals surface area (Å²) in [5.41, 5.74) is 0.787. The van der Waals surface area contributed by atoms with Gasteiger partial charge in [0.05, 0.1) is 5.92 Å². The highest BCUT2D eigenvalue weighted by Gasteiger charge is 2.21. The maximum Gasteiger partial charge on any atom is 0.311 e. The predicted molar refractivity (Wildman–Crippen MR) is 76.4 cm³/mol. The maximum atomic E-state index is 11.3. The molecule has 1 rings (SSSR count). The van der Waals surface area contributed by atoms with Gasteiger partial charge in [-0.2, -0.15) is 0 Å². The Balaban J connectivity index is 2.46. The Kier molecular flexibility index (Phi) is 7.70. The van der Waals surface area contributed by atoms with Crippen LogP contribution in [0.4, 0.5) is 0 Å². The number of carbonyl (C=O) groups is 1. The van der Waals surface area contributed by atoms with Gasteiger partial charge in [-0.3, -0.25) is 4.79 Å². The molecule has 1 aromatic rings. The van der Waals surface area contributed by atoms with Crippen molar-refractivity contribution in [1.82, 2.24) is 0 Å². The second-order valence-electron chi connectivity index (χ2n) is 4.16. The minimum absolute atomic E-state index is 0.433. The lowest BCUT2D eigenvalue weighted by molar-refractivity contribution is -0.139. The third-order valence-corrected chi connectivity index (χ3v) is 3.49. The van der Waals surface area contributed by atoms with Crippen molar-refractivity contribution in [3.8, 4) is 0 Å². The first-order valence-electron chi connectivity index (χ1n) is 6.20. The first-order valence-corrected chi connectivity index (χ1v) is 7.00. The van der Waals surface area contributed by atoms with Gasteiger partial charge in [-0.15, -0.1) is 0 Å². The molecule has 0 spiro atoms. The minimum atomic E-state index is -0.826. The molecule has 0 radical (unpaired) electrons. The van der Waals surface area contributed by atoms with Crippen molar-refractivity contribution in [3.63, 3.8) is 0 Å². The molecule has 1 N–H and O–H groups in total. The number of rotatable bonds is 9. The van der Waals surface area contributed by atoms with Gasteiger partial charge in [0.1, 0.15) is 0 Å². The number of halogens is 1. The summed E-state index contributed by atoms with van der Waals surface area (Å²) in [6, 6.07) is 7.39. The van der Waals surface area contributed by atoms with Crippen LogP contribution < -0.4 is 0 Å². The fraction of sp³-hybridized carbons (Fsp3) is 0.500. The predicted octanol–water partition coefficient (Wildman–Crippen LogP) is 3.06. The number of methoxy groups -OCH3 is 1. The Morgan fingerprint density at radius 2 is 2.05 bits per heavy atom. The van der Waals surface area contributed by atoms with Crippen LogP contribution in [0.5, 0.6) is 0 Å². The second-order valence-corrected chi connectivity index (χ2v) is 5.01. The molecule has 106 valence electrons. The fourth-order valence-electron chi connectivity index (χ4n) is 1.78. The van der Waals surface area contributed by atoms with Crippen molar-refractivity contribution >= 4 is 21.9 Å². The van der Waals surface area contributed by atoms with Crippen molar-refractivity contribution < 1.29 is 19.4 Å². The van der Waals surface area contributed by atoms with Gasteiger partial charge in [0.25, 0.3) is 0 Å². The van der Waals surface area contributed by atoms with E-state index >= 15 is 0 Å². The standard InChI is InChI=1S/C14H19BrO4/c1-18-8-4-9-19-10-7-12(14(16)17)11-5-2-3-6-13(11)15/h2-3,5-6,12H,4,7-10H2,1H3,(H,16,17). The highest BCUT2D eigenvalue weighted by molar-refractivity contribution is 9.10. The number of carboxylic acid groups (broad SMARTS) is 1. The zero-order valence-electron chi connectivity index (χ0n) is 11.0. The normalized spacial score (nSPS) is 12.3. The molecule has 1 unspecified atom stereocenters. The number of hydrogen-bond acceptors (Lipinski definition) is 3. The van der Waals surface area contributed by atoms with E-state index in [1.165, 1.54) is 0 Å². The zero-order chi connectivity index (χ0) is 14.1. The molecule has 0 heterocycles. The van der Waals surface area contributed by atoms with E-state index in [2.05, 4.69) is 15.9 Å². The summed E-state index contributed by atoms with van der Waals surface area (Å²) >= 11 is 3.39. The largest absolute Gasteiger partial charge is 0.481 e. The summed E-state index contributed by atoms with van der Waals surface area (Å²) in [7, 11) is 1.65. The smallest absolute Gasteiger partial charge is 0.311 e. The van der Waals surface area contributed by atoms with Crippen molar-refractivity contribution in [3.05, 3.63) is 34.3 Å². The molecule has 0 aliphatic heterocycles. The zero-order valence-corrected chi connectivity index (χ0v) is 12.6. The molecule has 0 aromatic heterocycles. The number of aliphatic carboxylic acids is 1.